The van der Waals surface area contributed by atoms with Crippen molar-refractivity contribution in [3.63, 3.8) is 0 Å². The minimum atomic E-state index is 0.535. The molecule has 0 N–H and O–H groups in total. The third-order valence-corrected chi connectivity index (χ3v) is 3.05. The molecule has 0 amide bonds. The first kappa shape index (κ1) is 12.2. The summed E-state index contributed by atoms with van der Waals surface area (Å²) in [7, 11) is 0. The van der Waals surface area contributed by atoms with Crippen LogP contribution in [0, 0.1) is 5.92 Å². The average Bonchev–Trinajstić information content (AvgIpc) is 2.27. The summed E-state index contributed by atoms with van der Waals surface area (Å²) < 4.78 is 6.38. The predicted octanol–water partition coefficient (Wildman–Crippen LogP) is 3.69. The third-order valence-electron chi connectivity index (χ3n) is 2.33. The molecule has 0 bridgehead atoms. The number of aldehydes is 1. The molecule has 0 saturated heterocycles. The van der Waals surface area contributed by atoms with Crippen molar-refractivity contribution in [1.82, 2.24) is 0 Å². The minimum absolute atomic E-state index is 0.535. The standard InChI is InChI=1S/C12H15BrO2/c1-3-9(2)8-15-11-4-5-12(13)10(6-11)7-14/h4-7,9H,3,8H2,1-2H3. The molecule has 1 atom stereocenters. The van der Waals surface area contributed by atoms with Crippen LogP contribution in [0.25, 0.3) is 0 Å². The number of ether oxygens (including phenoxy) is 1. The molecular formula is C12H15BrO2. The van der Waals surface area contributed by atoms with E-state index in [9.17, 15) is 4.79 Å². The maximum atomic E-state index is 10.7. The van der Waals surface area contributed by atoms with Crippen LogP contribution >= 0.6 is 15.9 Å². The number of hydrogen-bond donors (Lipinski definition) is 0. The lowest BCUT2D eigenvalue weighted by molar-refractivity contribution is 0.112. The van der Waals surface area contributed by atoms with Crippen LogP contribution in [-0.2, 0) is 0 Å². The molecule has 0 aliphatic carbocycles. The van der Waals surface area contributed by atoms with E-state index in [1.54, 1.807) is 6.07 Å². The average molecular weight is 271 g/mol. The van der Waals surface area contributed by atoms with Crippen LogP contribution in [0.5, 0.6) is 5.75 Å². The maximum absolute atomic E-state index is 10.7. The van der Waals surface area contributed by atoms with Gasteiger partial charge in [0.2, 0.25) is 0 Å². The highest BCUT2D eigenvalue weighted by Gasteiger charge is 2.03. The Hall–Kier alpha value is -0.830. The van der Waals surface area contributed by atoms with Gasteiger partial charge in [0.05, 0.1) is 6.61 Å². The quantitative estimate of drug-likeness (QED) is 0.763. The van der Waals surface area contributed by atoms with E-state index >= 15 is 0 Å². The Labute approximate surface area is 98.8 Å². The van der Waals surface area contributed by atoms with Crippen molar-refractivity contribution in [2.75, 3.05) is 6.61 Å². The lowest BCUT2D eigenvalue weighted by Gasteiger charge is -2.11. The Morgan fingerprint density at radius 3 is 2.87 bits per heavy atom. The number of benzene rings is 1. The zero-order valence-electron chi connectivity index (χ0n) is 9.00. The second-order valence-electron chi connectivity index (χ2n) is 3.63. The Morgan fingerprint density at radius 2 is 2.27 bits per heavy atom. The fourth-order valence-corrected chi connectivity index (χ4v) is 1.40. The third kappa shape index (κ3) is 3.67. The fraction of sp³-hybridized carbons (Fsp3) is 0.417. The Kier molecular flexibility index (Phi) is 4.82. The molecule has 0 aromatic heterocycles. The summed E-state index contributed by atoms with van der Waals surface area (Å²) in [5, 5.41) is 0. The van der Waals surface area contributed by atoms with Crippen molar-refractivity contribution in [3.8, 4) is 5.75 Å². The number of hydrogen-bond acceptors (Lipinski definition) is 2. The van der Waals surface area contributed by atoms with Gasteiger partial charge in [-0.1, -0.05) is 36.2 Å². The van der Waals surface area contributed by atoms with E-state index in [0.29, 0.717) is 18.1 Å². The highest BCUT2D eigenvalue weighted by Crippen LogP contribution is 2.21. The molecule has 2 nitrogen and oxygen atoms in total. The molecule has 3 heteroatoms. The van der Waals surface area contributed by atoms with Crippen LogP contribution in [0.15, 0.2) is 22.7 Å². The van der Waals surface area contributed by atoms with E-state index in [1.165, 1.54) is 0 Å². The second kappa shape index (κ2) is 5.91. The molecule has 1 aromatic rings. The Balaban J connectivity index is 2.66. The zero-order valence-corrected chi connectivity index (χ0v) is 10.6. The first-order chi connectivity index (χ1) is 7.17. The van der Waals surface area contributed by atoms with Crippen LogP contribution in [0.3, 0.4) is 0 Å². The minimum Gasteiger partial charge on any atom is -0.493 e. The van der Waals surface area contributed by atoms with Gasteiger partial charge in [-0.15, -0.1) is 0 Å². The van der Waals surface area contributed by atoms with Gasteiger partial charge in [-0.25, -0.2) is 0 Å². The highest BCUT2D eigenvalue weighted by atomic mass is 79.9. The van der Waals surface area contributed by atoms with Crippen LogP contribution in [-0.4, -0.2) is 12.9 Å². The number of carbonyl (C=O) groups is 1. The van der Waals surface area contributed by atoms with E-state index < -0.39 is 0 Å². The first-order valence-corrected chi connectivity index (χ1v) is 5.84. The molecule has 0 heterocycles. The van der Waals surface area contributed by atoms with Gasteiger partial charge in [0.1, 0.15) is 5.75 Å². The summed E-state index contributed by atoms with van der Waals surface area (Å²) in [4.78, 5) is 10.7. The molecule has 0 spiro atoms. The van der Waals surface area contributed by atoms with Crippen LogP contribution in [0.1, 0.15) is 30.6 Å². The lowest BCUT2D eigenvalue weighted by Crippen LogP contribution is -2.07. The van der Waals surface area contributed by atoms with E-state index in [2.05, 4.69) is 29.8 Å². The summed E-state index contributed by atoms with van der Waals surface area (Å²) >= 11 is 3.30. The SMILES string of the molecule is CCC(C)COc1ccc(Br)c(C=O)c1. The summed E-state index contributed by atoms with van der Waals surface area (Å²) in [6, 6.07) is 5.44. The number of halogens is 1. The van der Waals surface area contributed by atoms with Crippen molar-refractivity contribution in [3.05, 3.63) is 28.2 Å². The number of rotatable bonds is 5. The van der Waals surface area contributed by atoms with E-state index in [1.807, 2.05) is 12.1 Å². The monoisotopic (exact) mass is 270 g/mol. The topological polar surface area (TPSA) is 26.3 Å². The van der Waals surface area contributed by atoms with Gasteiger partial charge in [0, 0.05) is 10.0 Å². The van der Waals surface area contributed by atoms with E-state index in [0.717, 1.165) is 22.9 Å². The summed E-state index contributed by atoms with van der Waals surface area (Å²) in [6.45, 7) is 4.96. The normalized spacial score (nSPS) is 12.2. The first-order valence-electron chi connectivity index (χ1n) is 5.05. The molecule has 0 fully saturated rings. The Morgan fingerprint density at radius 1 is 1.53 bits per heavy atom. The van der Waals surface area contributed by atoms with E-state index in [4.69, 9.17) is 4.74 Å². The molecule has 82 valence electrons. The van der Waals surface area contributed by atoms with Crippen LogP contribution < -0.4 is 4.74 Å². The lowest BCUT2D eigenvalue weighted by atomic mass is 10.1. The zero-order chi connectivity index (χ0) is 11.3. The molecular weight excluding hydrogens is 256 g/mol. The van der Waals surface area contributed by atoms with Gasteiger partial charge < -0.3 is 4.74 Å². The summed E-state index contributed by atoms with van der Waals surface area (Å²) in [5.41, 5.74) is 0.622. The summed E-state index contributed by atoms with van der Waals surface area (Å²) in [5.74, 6) is 1.29. The largest absolute Gasteiger partial charge is 0.493 e. The van der Waals surface area contributed by atoms with Gasteiger partial charge >= 0.3 is 0 Å². The predicted molar refractivity (Wildman–Crippen MR) is 64.5 cm³/mol. The van der Waals surface area contributed by atoms with Crippen molar-refractivity contribution < 1.29 is 9.53 Å². The molecule has 1 aromatic carbocycles. The van der Waals surface area contributed by atoms with Crippen molar-refractivity contribution in [1.29, 1.82) is 0 Å². The van der Waals surface area contributed by atoms with Gasteiger partial charge in [-0.05, 0) is 24.1 Å². The summed E-state index contributed by atoms with van der Waals surface area (Å²) in [6.07, 6.45) is 1.91. The van der Waals surface area contributed by atoms with Crippen LogP contribution in [0.4, 0.5) is 0 Å². The van der Waals surface area contributed by atoms with Crippen molar-refractivity contribution >= 4 is 22.2 Å². The Bertz CT molecular complexity index is 336. The molecule has 0 radical (unpaired) electrons. The van der Waals surface area contributed by atoms with Crippen molar-refractivity contribution in [2.24, 2.45) is 5.92 Å². The second-order valence-corrected chi connectivity index (χ2v) is 4.48. The van der Waals surface area contributed by atoms with Crippen molar-refractivity contribution in [2.45, 2.75) is 20.3 Å². The van der Waals surface area contributed by atoms with E-state index in [-0.39, 0.29) is 0 Å². The fourth-order valence-electron chi connectivity index (χ4n) is 1.06. The highest BCUT2D eigenvalue weighted by molar-refractivity contribution is 9.10. The molecule has 1 unspecified atom stereocenters. The van der Waals surface area contributed by atoms with Gasteiger partial charge in [-0.3, -0.25) is 4.79 Å². The smallest absolute Gasteiger partial charge is 0.151 e. The molecule has 15 heavy (non-hydrogen) atoms. The maximum Gasteiger partial charge on any atom is 0.151 e. The molecule has 1 rings (SSSR count). The van der Waals surface area contributed by atoms with Crippen LogP contribution in [0.2, 0.25) is 0 Å². The van der Waals surface area contributed by atoms with Gasteiger partial charge in [0.25, 0.3) is 0 Å². The molecule has 0 saturated carbocycles. The molecule has 0 aliphatic rings. The molecule has 0 aliphatic heterocycles. The van der Waals surface area contributed by atoms with Gasteiger partial charge in [-0.2, -0.15) is 0 Å². The van der Waals surface area contributed by atoms with Gasteiger partial charge in [0.15, 0.2) is 6.29 Å². The number of carbonyl (C=O) groups excluding carboxylic acids is 1.